The number of nitrogens with one attached hydrogen (secondary N) is 1. The quantitative estimate of drug-likeness (QED) is 0.807. The lowest BCUT2D eigenvalue weighted by Crippen LogP contribution is -2.46. The van der Waals surface area contributed by atoms with E-state index in [1.165, 1.54) is 12.1 Å². The first-order chi connectivity index (χ1) is 11.5. The van der Waals surface area contributed by atoms with Crippen molar-refractivity contribution in [2.24, 2.45) is 0 Å². The number of halogens is 2. The minimum atomic E-state index is -1.31. The molecule has 134 valence electrons. The second-order valence-electron chi connectivity index (χ2n) is 5.63. The van der Waals surface area contributed by atoms with Gasteiger partial charge in [0.1, 0.15) is 17.2 Å². The zero-order chi connectivity index (χ0) is 17.3. The number of nitrogens with zero attached hydrogens (tertiary/aromatic N) is 2. The fourth-order valence-corrected chi connectivity index (χ4v) is 3.12. The number of aromatic carboxylic acids is 1. The van der Waals surface area contributed by atoms with Gasteiger partial charge in [0.2, 0.25) is 5.43 Å². The predicted molar refractivity (Wildman–Crippen MR) is 97.7 cm³/mol. The summed E-state index contributed by atoms with van der Waals surface area (Å²) in [7, 11) is 0. The molecular weight excluding hydrogens is 349 g/mol. The lowest BCUT2D eigenvalue weighted by molar-refractivity contribution is 0.0695. The normalized spacial score (nSPS) is 14.2. The van der Waals surface area contributed by atoms with Crippen molar-refractivity contribution in [3.63, 3.8) is 0 Å². The smallest absolute Gasteiger partial charge is 0.343 e. The number of fused-ring (bicyclic) bond motifs is 1. The van der Waals surface area contributed by atoms with Crippen LogP contribution in [0.15, 0.2) is 35.6 Å². The maximum atomic E-state index is 13.6. The van der Waals surface area contributed by atoms with Crippen LogP contribution in [0.25, 0.3) is 10.9 Å². The zero-order valence-corrected chi connectivity index (χ0v) is 14.3. The van der Waals surface area contributed by atoms with Crippen LogP contribution in [0.4, 0.5) is 10.2 Å². The number of carboxylic acids is 1. The monoisotopic (exact) mass is 367 g/mol. The Labute approximate surface area is 150 Å². The van der Waals surface area contributed by atoms with Crippen LogP contribution < -0.4 is 15.6 Å². The SMILES string of the molecule is C=CCn1c(N2CCNCC2)c(C(=O)O)c(=O)c2cc(F)ccc21.Cl. The van der Waals surface area contributed by atoms with Crippen LogP contribution in [0.3, 0.4) is 0 Å². The van der Waals surface area contributed by atoms with Gasteiger partial charge in [-0.05, 0) is 18.2 Å². The molecule has 0 aliphatic carbocycles. The molecule has 2 N–H and O–H groups in total. The van der Waals surface area contributed by atoms with Crippen LogP contribution >= 0.6 is 12.4 Å². The molecule has 3 rings (SSSR count). The molecule has 25 heavy (non-hydrogen) atoms. The topological polar surface area (TPSA) is 74.6 Å². The first-order valence-electron chi connectivity index (χ1n) is 7.70. The largest absolute Gasteiger partial charge is 0.477 e. The molecule has 0 atom stereocenters. The van der Waals surface area contributed by atoms with E-state index in [9.17, 15) is 19.1 Å². The van der Waals surface area contributed by atoms with Gasteiger partial charge in [0.15, 0.2) is 0 Å². The average Bonchev–Trinajstić information content (AvgIpc) is 2.57. The van der Waals surface area contributed by atoms with Gasteiger partial charge in [0.05, 0.1) is 5.52 Å². The predicted octanol–water partition coefficient (Wildman–Crippen LogP) is 1.86. The third-order valence-corrected chi connectivity index (χ3v) is 4.14. The van der Waals surface area contributed by atoms with Crippen LogP contribution in [0.1, 0.15) is 10.4 Å². The van der Waals surface area contributed by atoms with Crippen molar-refractivity contribution in [3.05, 3.63) is 52.5 Å². The molecule has 1 fully saturated rings. The number of carbonyl (C=O) groups is 1. The van der Waals surface area contributed by atoms with E-state index >= 15 is 0 Å². The molecule has 2 aromatic rings. The Hall–Kier alpha value is -2.38. The summed E-state index contributed by atoms with van der Waals surface area (Å²) < 4.78 is 15.3. The first-order valence-corrected chi connectivity index (χ1v) is 7.70. The number of hydrogen-bond acceptors (Lipinski definition) is 4. The number of pyridine rings is 1. The summed E-state index contributed by atoms with van der Waals surface area (Å²) in [5.41, 5.74) is -0.484. The van der Waals surface area contributed by atoms with Gasteiger partial charge in [-0.25, -0.2) is 9.18 Å². The van der Waals surface area contributed by atoms with Gasteiger partial charge in [-0.3, -0.25) is 4.79 Å². The Morgan fingerprint density at radius 3 is 2.64 bits per heavy atom. The van der Waals surface area contributed by atoms with Crippen molar-refractivity contribution in [2.75, 3.05) is 31.1 Å². The van der Waals surface area contributed by atoms with Crippen molar-refractivity contribution in [1.29, 1.82) is 0 Å². The van der Waals surface area contributed by atoms with Crippen LogP contribution in [0, 0.1) is 5.82 Å². The number of piperazine rings is 1. The molecule has 8 heteroatoms. The fourth-order valence-electron chi connectivity index (χ4n) is 3.12. The first kappa shape index (κ1) is 19.0. The molecule has 1 aromatic heterocycles. The van der Waals surface area contributed by atoms with Crippen molar-refractivity contribution in [1.82, 2.24) is 9.88 Å². The summed E-state index contributed by atoms with van der Waals surface area (Å²) in [6.45, 7) is 6.60. The van der Waals surface area contributed by atoms with Crippen molar-refractivity contribution < 1.29 is 14.3 Å². The number of benzene rings is 1. The average molecular weight is 368 g/mol. The standard InChI is InChI=1S/C17H18FN3O3.ClH/c1-2-7-21-13-4-3-11(18)10-12(13)15(22)14(17(23)24)16(21)20-8-5-19-6-9-20;/h2-4,10,19H,1,5-9H2,(H,23,24);1H. The molecule has 1 aromatic carbocycles. The molecule has 0 bridgehead atoms. The molecule has 0 unspecified atom stereocenters. The van der Waals surface area contributed by atoms with Crippen LogP contribution in [0.2, 0.25) is 0 Å². The van der Waals surface area contributed by atoms with Gasteiger partial charge < -0.3 is 19.9 Å². The van der Waals surface area contributed by atoms with Crippen LogP contribution in [0.5, 0.6) is 0 Å². The minimum absolute atomic E-state index is 0. The molecule has 1 aliphatic heterocycles. The summed E-state index contributed by atoms with van der Waals surface area (Å²) in [5, 5.41) is 12.9. The number of aromatic nitrogens is 1. The highest BCUT2D eigenvalue weighted by Crippen LogP contribution is 2.25. The molecule has 0 saturated carbocycles. The number of hydrogen-bond donors (Lipinski definition) is 2. The van der Waals surface area contributed by atoms with Gasteiger partial charge in [-0.15, -0.1) is 19.0 Å². The Morgan fingerprint density at radius 2 is 2.04 bits per heavy atom. The number of rotatable bonds is 4. The summed E-state index contributed by atoms with van der Waals surface area (Å²) in [4.78, 5) is 26.4. The molecule has 1 saturated heterocycles. The van der Waals surface area contributed by atoms with E-state index in [0.717, 1.165) is 6.07 Å². The van der Waals surface area contributed by atoms with Crippen LogP contribution in [-0.4, -0.2) is 41.8 Å². The van der Waals surface area contributed by atoms with E-state index in [0.29, 0.717) is 44.1 Å². The Kier molecular flexibility index (Phi) is 5.81. The maximum Gasteiger partial charge on any atom is 0.343 e. The number of allylic oxidation sites excluding steroid dienone is 1. The van der Waals surface area contributed by atoms with E-state index in [2.05, 4.69) is 11.9 Å². The molecule has 0 spiro atoms. The third kappa shape index (κ3) is 3.38. The molecular formula is C17H19ClFN3O3. The second kappa shape index (κ2) is 7.67. The summed E-state index contributed by atoms with van der Waals surface area (Å²) in [6, 6.07) is 3.86. The van der Waals surface area contributed by atoms with Crippen LogP contribution in [-0.2, 0) is 6.54 Å². The summed E-state index contributed by atoms with van der Waals surface area (Å²) in [5.74, 6) is -1.53. The van der Waals surface area contributed by atoms with Gasteiger partial charge in [-0.1, -0.05) is 6.08 Å². The maximum absolute atomic E-state index is 13.6. The summed E-state index contributed by atoms with van der Waals surface area (Å²) in [6.07, 6.45) is 1.63. The van der Waals surface area contributed by atoms with Gasteiger partial charge in [0.25, 0.3) is 0 Å². The van der Waals surface area contributed by atoms with Gasteiger partial charge >= 0.3 is 5.97 Å². The molecule has 1 aliphatic rings. The van der Waals surface area contributed by atoms with E-state index < -0.39 is 17.2 Å². The lowest BCUT2D eigenvalue weighted by Gasteiger charge is -2.33. The highest BCUT2D eigenvalue weighted by molar-refractivity contribution is 5.98. The third-order valence-electron chi connectivity index (χ3n) is 4.14. The molecule has 0 radical (unpaired) electrons. The highest BCUT2D eigenvalue weighted by Gasteiger charge is 2.26. The Bertz CT molecular complexity index is 876. The van der Waals surface area contributed by atoms with E-state index in [1.54, 1.807) is 10.6 Å². The van der Waals surface area contributed by atoms with Gasteiger partial charge in [-0.2, -0.15) is 0 Å². The molecule has 6 nitrogen and oxygen atoms in total. The van der Waals surface area contributed by atoms with E-state index in [4.69, 9.17) is 0 Å². The Morgan fingerprint density at radius 1 is 1.36 bits per heavy atom. The molecule has 2 heterocycles. The number of anilines is 1. The van der Waals surface area contributed by atoms with Crippen molar-refractivity contribution >= 4 is 35.1 Å². The van der Waals surface area contributed by atoms with Crippen molar-refractivity contribution in [3.8, 4) is 0 Å². The fraction of sp³-hybridized carbons (Fsp3) is 0.294. The zero-order valence-electron chi connectivity index (χ0n) is 13.5. The lowest BCUT2D eigenvalue weighted by atomic mass is 10.1. The van der Waals surface area contributed by atoms with E-state index in [1.807, 2.05) is 4.90 Å². The Balaban J connectivity index is 0.00000225. The molecule has 0 amide bonds. The van der Waals surface area contributed by atoms with Crippen molar-refractivity contribution in [2.45, 2.75) is 6.54 Å². The summed E-state index contributed by atoms with van der Waals surface area (Å²) >= 11 is 0. The van der Waals surface area contributed by atoms with E-state index in [-0.39, 0.29) is 23.4 Å². The highest BCUT2D eigenvalue weighted by atomic mass is 35.5. The minimum Gasteiger partial charge on any atom is -0.477 e. The second-order valence-corrected chi connectivity index (χ2v) is 5.63. The number of carboxylic acid groups (broad SMARTS) is 1. The van der Waals surface area contributed by atoms with Gasteiger partial charge in [0, 0.05) is 38.1 Å².